The zero-order chi connectivity index (χ0) is 24.7. The molecule has 0 saturated heterocycles. The third-order valence-electron chi connectivity index (χ3n) is 7.38. The van der Waals surface area contributed by atoms with Crippen molar-refractivity contribution in [2.45, 2.75) is 71.4 Å². The molecule has 184 valence electrons. The molecular weight excluding hydrogens is 432 g/mol. The predicted octanol–water partition coefficient (Wildman–Crippen LogP) is 3.82. The highest BCUT2D eigenvalue weighted by molar-refractivity contribution is 5.96. The standard InChI is InChI=1S/C26H36N4O4/c1-6-25(4,5)7-8-30-23(33-15-16(2)3)20(14-28-30)22(31)29-21-18-9-17-10-19(21)13-26(11-17,12-18)34-24(27)32/h1,7-8,14,16-19,21H,9-13,15H2,2-5H3,(H2,27,32)(H,29,31)/b8-7+. The average molecular weight is 469 g/mol. The van der Waals surface area contributed by atoms with Gasteiger partial charge in [0.2, 0.25) is 5.88 Å². The quantitative estimate of drug-likeness (QED) is 0.564. The lowest BCUT2D eigenvalue weighted by atomic mass is 9.52. The van der Waals surface area contributed by atoms with Gasteiger partial charge < -0.3 is 20.5 Å². The molecule has 1 aromatic rings. The number of nitrogens with zero attached hydrogens (tertiary/aromatic N) is 2. The molecule has 5 rings (SSSR count). The van der Waals surface area contributed by atoms with Gasteiger partial charge in [-0.25, -0.2) is 9.48 Å². The molecule has 0 aromatic carbocycles. The first kappa shape index (κ1) is 24.2. The van der Waals surface area contributed by atoms with Crippen LogP contribution in [0.5, 0.6) is 5.88 Å². The number of amides is 2. The lowest BCUT2D eigenvalue weighted by Crippen LogP contribution is -2.63. The third-order valence-corrected chi connectivity index (χ3v) is 7.38. The Bertz CT molecular complexity index is 1000. The maximum Gasteiger partial charge on any atom is 0.405 e. The van der Waals surface area contributed by atoms with E-state index in [1.165, 1.54) is 0 Å². The third kappa shape index (κ3) is 4.94. The number of nitrogens with two attached hydrogens (primary N) is 1. The van der Waals surface area contributed by atoms with Gasteiger partial charge in [-0.1, -0.05) is 19.8 Å². The summed E-state index contributed by atoms with van der Waals surface area (Å²) in [4.78, 5) is 24.9. The second kappa shape index (κ2) is 9.01. The fraction of sp³-hybridized carbons (Fsp3) is 0.654. The summed E-state index contributed by atoms with van der Waals surface area (Å²) in [6, 6.07) is 0.0332. The minimum absolute atomic E-state index is 0.0332. The molecule has 4 fully saturated rings. The number of nitrogens with one attached hydrogen (secondary N) is 1. The molecule has 8 heteroatoms. The van der Waals surface area contributed by atoms with Crippen LogP contribution in [0.3, 0.4) is 0 Å². The van der Waals surface area contributed by atoms with Gasteiger partial charge in [-0.05, 0) is 75.7 Å². The second-order valence-electron chi connectivity index (χ2n) is 11.3. The molecule has 2 amide bonds. The number of aromatic nitrogens is 2. The van der Waals surface area contributed by atoms with Crippen molar-refractivity contribution in [1.82, 2.24) is 15.1 Å². The summed E-state index contributed by atoms with van der Waals surface area (Å²) in [7, 11) is 0. The maximum atomic E-state index is 13.4. The van der Waals surface area contributed by atoms with Gasteiger partial charge in [0, 0.05) is 17.7 Å². The van der Waals surface area contributed by atoms with Crippen LogP contribution in [-0.2, 0) is 4.74 Å². The van der Waals surface area contributed by atoms with Crippen LogP contribution in [0.2, 0.25) is 0 Å². The summed E-state index contributed by atoms with van der Waals surface area (Å²) < 4.78 is 13.2. The van der Waals surface area contributed by atoms with E-state index in [2.05, 4.69) is 30.2 Å². The lowest BCUT2D eigenvalue weighted by Gasteiger charge is -2.58. The molecule has 2 unspecified atom stereocenters. The summed E-state index contributed by atoms with van der Waals surface area (Å²) in [5, 5.41) is 7.66. The van der Waals surface area contributed by atoms with Crippen molar-refractivity contribution in [3.8, 4) is 18.2 Å². The van der Waals surface area contributed by atoms with Gasteiger partial charge in [0.15, 0.2) is 0 Å². The minimum atomic E-state index is -0.706. The Hall–Kier alpha value is -2.95. The summed E-state index contributed by atoms with van der Waals surface area (Å²) in [5.41, 5.74) is 4.85. The first-order chi connectivity index (χ1) is 16.0. The van der Waals surface area contributed by atoms with Crippen LogP contribution in [0.1, 0.15) is 70.2 Å². The topological polar surface area (TPSA) is 108 Å². The maximum absolute atomic E-state index is 13.4. The Morgan fingerprint density at radius 3 is 2.62 bits per heavy atom. The van der Waals surface area contributed by atoms with Gasteiger partial charge >= 0.3 is 6.09 Å². The highest BCUT2D eigenvalue weighted by Gasteiger charge is 2.57. The zero-order valence-electron chi connectivity index (χ0n) is 20.5. The van der Waals surface area contributed by atoms with Crippen molar-refractivity contribution >= 4 is 18.2 Å². The van der Waals surface area contributed by atoms with Gasteiger partial charge in [-0.3, -0.25) is 4.79 Å². The lowest BCUT2D eigenvalue weighted by molar-refractivity contribution is -0.137. The molecule has 2 atom stereocenters. The fourth-order valence-electron chi connectivity index (χ4n) is 6.06. The first-order valence-corrected chi connectivity index (χ1v) is 12.2. The van der Waals surface area contributed by atoms with Gasteiger partial charge in [-0.15, -0.1) is 6.42 Å². The van der Waals surface area contributed by atoms with Crippen molar-refractivity contribution in [1.29, 1.82) is 0 Å². The smallest absolute Gasteiger partial charge is 0.405 e. The first-order valence-electron chi connectivity index (χ1n) is 12.2. The largest absolute Gasteiger partial charge is 0.477 e. The van der Waals surface area contributed by atoms with Crippen molar-refractivity contribution in [3.05, 3.63) is 17.8 Å². The number of allylic oxidation sites excluding steroid dienone is 1. The number of carbonyl (C=O) groups is 2. The molecular formula is C26H36N4O4. The van der Waals surface area contributed by atoms with Crippen molar-refractivity contribution in [2.75, 3.05) is 6.61 Å². The van der Waals surface area contributed by atoms with Gasteiger partial charge in [0.1, 0.15) is 11.2 Å². The van der Waals surface area contributed by atoms with Gasteiger partial charge in [-0.2, -0.15) is 5.10 Å². The van der Waals surface area contributed by atoms with Crippen LogP contribution in [0.4, 0.5) is 4.79 Å². The minimum Gasteiger partial charge on any atom is -0.477 e. The monoisotopic (exact) mass is 468 g/mol. The van der Waals surface area contributed by atoms with E-state index in [4.69, 9.17) is 21.6 Å². The van der Waals surface area contributed by atoms with Gasteiger partial charge in [0.25, 0.3) is 5.91 Å². The molecule has 0 radical (unpaired) electrons. The molecule has 8 nitrogen and oxygen atoms in total. The second-order valence-corrected chi connectivity index (χ2v) is 11.3. The van der Waals surface area contributed by atoms with Gasteiger partial charge in [0.05, 0.1) is 12.8 Å². The molecule has 4 bridgehead atoms. The molecule has 34 heavy (non-hydrogen) atoms. The Balaban J connectivity index is 1.53. The number of hydrogen-bond acceptors (Lipinski definition) is 5. The normalized spacial score (nSPS) is 29.9. The van der Waals surface area contributed by atoms with E-state index in [1.54, 1.807) is 17.1 Å². The fourth-order valence-corrected chi connectivity index (χ4v) is 6.06. The van der Waals surface area contributed by atoms with Crippen LogP contribution in [0, 0.1) is 41.4 Å². The Morgan fingerprint density at radius 1 is 1.35 bits per heavy atom. The highest BCUT2D eigenvalue weighted by Crippen LogP contribution is 2.57. The SMILES string of the molecule is C#CC(C)(C)/C=C/n1ncc(C(=O)NC2C3CC4CC2CC(OC(N)=O)(C4)C3)c1OCC(C)C. The predicted molar refractivity (Wildman–Crippen MR) is 129 cm³/mol. The summed E-state index contributed by atoms with van der Waals surface area (Å²) in [6.45, 7) is 8.42. The number of rotatable bonds is 8. The highest BCUT2D eigenvalue weighted by atomic mass is 16.6. The van der Waals surface area contributed by atoms with Crippen molar-refractivity contribution in [2.24, 2.45) is 34.8 Å². The number of primary amides is 1. The number of terminal acetylenes is 1. The summed E-state index contributed by atoms with van der Waals surface area (Å²) in [5.74, 6) is 4.27. The number of hydrogen-bond donors (Lipinski definition) is 2. The van der Waals surface area contributed by atoms with E-state index in [0.717, 1.165) is 32.1 Å². The molecule has 0 spiro atoms. The molecule has 4 saturated carbocycles. The van der Waals surface area contributed by atoms with Crippen LogP contribution in [0.25, 0.3) is 6.20 Å². The van der Waals surface area contributed by atoms with E-state index in [1.807, 2.05) is 19.9 Å². The summed E-state index contributed by atoms with van der Waals surface area (Å²) in [6.07, 6.45) is 14.5. The van der Waals surface area contributed by atoms with Crippen molar-refractivity contribution < 1.29 is 19.1 Å². The van der Waals surface area contributed by atoms with Crippen LogP contribution in [0.15, 0.2) is 12.3 Å². The van der Waals surface area contributed by atoms with Crippen LogP contribution < -0.4 is 15.8 Å². The molecule has 4 aliphatic rings. The average Bonchev–Trinajstić information content (AvgIpc) is 3.15. The van der Waals surface area contributed by atoms with Crippen LogP contribution in [-0.4, -0.2) is 40.0 Å². The summed E-state index contributed by atoms with van der Waals surface area (Å²) >= 11 is 0. The van der Waals surface area contributed by atoms with E-state index in [-0.39, 0.29) is 29.7 Å². The molecule has 3 N–H and O–H groups in total. The van der Waals surface area contributed by atoms with E-state index >= 15 is 0 Å². The Kier molecular flexibility index (Phi) is 6.41. The molecule has 4 aliphatic carbocycles. The van der Waals surface area contributed by atoms with E-state index in [9.17, 15) is 9.59 Å². The van der Waals surface area contributed by atoms with E-state index in [0.29, 0.717) is 24.0 Å². The Labute approximate surface area is 201 Å². The molecule has 0 aliphatic heterocycles. The molecule has 1 aromatic heterocycles. The van der Waals surface area contributed by atoms with E-state index < -0.39 is 17.1 Å². The number of carbonyl (C=O) groups excluding carboxylic acids is 2. The number of ether oxygens (including phenoxy) is 2. The van der Waals surface area contributed by atoms with Crippen LogP contribution >= 0.6 is 0 Å². The zero-order valence-corrected chi connectivity index (χ0v) is 20.5. The molecule has 1 heterocycles. The van der Waals surface area contributed by atoms with Crippen molar-refractivity contribution in [3.63, 3.8) is 0 Å². The Morgan fingerprint density at radius 2 is 2.03 bits per heavy atom.